The van der Waals surface area contributed by atoms with Crippen LogP contribution in [-0.4, -0.2) is 11.7 Å². The molecular formula is C19H17NO2S. The highest BCUT2D eigenvalue weighted by molar-refractivity contribution is 8.04. The number of hydrogen-bond acceptors (Lipinski definition) is 3. The number of hydrogen-bond donors (Lipinski definition) is 0. The molecule has 4 heteroatoms. The molecule has 3 nitrogen and oxygen atoms in total. The zero-order valence-electron chi connectivity index (χ0n) is 13.3. The van der Waals surface area contributed by atoms with E-state index in [4.69, 9.17) is 0 Å². The highest BCUT2D eigenvalue weighted by Crippen LogP contribution is 2.40. The lowest BCUT2D eigenvalue weighted by Gasteiger charge is -2.18. The summed E-state index contributed by atoms with van der Waals surface area (Å²) in [6, 6.07) is 13.4. The molecule has 0 atom stereocenters. The quantitative estimate of drug-likeness (QED) is 0.764. The maximum Gasteiger partial charge on any atom is 0.227 e. The first-order valence-electron chi connectivity index (χ1n) is 7.38. The van der Waals surface area contributed by atoms with Gasteiger partial charge in [-0.3, -0.25) is 14.5 Å². The van der Waals surface area contributed by atoms with Crippen LogP contribution in [-0.2, 0) is 4.79 Å². The molecule has 116 valence electrons. The van der Waals surface area contributed by atoms with Crippen molar-refractivity contribution in [1.82, 2.24) is 0 Å². The third-order valence-corrected chi connectivity index (χ3v) is 5.02. The predicted octanol–water partition coefficient (Wildman–Crippen LogP) is 4.49. The Bertz CT molecular complexity index is 839. The number of thioether (sulfide) groups is 1. The summed E-state index contributed by atoms with van der Waals surface area (Å²) in [6.07, 6.45) is 1.65. The Hall–Kier alpha value is -2.33. The van der Waals surface area contributed by atoms with Gasteiger partial charge in [0.25, 0.3) is 0 Å². The number of fused-ring (bicyclic) bond motifs is 1. The zero-order valence-corrected chi connectivity index (χ0v) is 14.1. The van der Waals surface area contributed by atoms with Crippen LogP contribution in [0.4, 0.5) is 5.69 Å². The van der Waals surface area contributed by atoms with E-state index in [-0.39, 0.29) is 11.7 Å². The van der Waals surface area contributed by atoms with Crippen molar-refractivity contribution in [2.24, 2.45) is 0 Å². The Balaban J connectivity index is 1.99. The summed E-state index contributed by atoms with van der Waals surface area (Å²) < 4.78 is 0. The number of allylic oxidation sites excluding steroid dienone is 1. The average molecular weight is 323 g/mol. The fourth-order valence-corrected chi connectivity index (χ4v) is 3.48. The second-order valence-corrected chi connectivity index (χ2v) is 6.66. The van der Waals surface area contributed by atoms with Gasteiger partial charge >= 0.3 is 0 Å². The number of carbonyl (C=O) groups is 2. The SMILES string of the molecule is CC(=O)N(C=C1Sc2ccccc2C1=O)c1ccc(C)c(C)c1. The highest BCUT2D eigenvalue weighted by atomic mass is 32.2. The van der Waals surface area contributed by atoms with E-state index < -0.39 is 0 Å². The van der Waals surface area contributed by atoms with Crippen LogP contribution < -0.4 is 4.90 Å². The minimum atomic E-state index is -0.120. The number of anilines is 1. The number of carbonyl (C=O) groups excluding carboxylic acids is 2. The minimum absolute atomic E-state index is 0.0271. The molecule has 0 N–H and O–H groups in total. The standard InChI is InChI=1S/C19H17NO2S/c1-12-8-9-15(10-13(12)2)20(14(3)21)11-18-19(22)16-6-4-5-7-17(16)23-18/h4-11H,1-3H3. The first kappa shape index (κ1) is 15.6. The molecule has 2 aromatic carbocycles. The topological polar surface area (TPSA) is 37.4 Å². The smallest absolute Gasteiger partial charge is 0.227 e. The van der Waals surface area contributed by atoms with E-state index in [1.807, 2.05) is 56.3 Å². The van der Waals surface area contributed by atoms with E-state index in [2.05, 4.69) is 0 Å². The summed E-state index contributed by atoms with van der Waals surface area (Å²) in [5.41, 5.74) is 3.76. The number of rotatable bonds is 2. The van der Waals surface area contributed by atoms with Gasteiger partial charge in [-0.05, 0) is 49.2 Å². The molecule has 0 bridgehead atoms. The summed E-state index contributed by atoms with van der Waals surface area (Å²) in [5.74, 6) is -0.147. The molecule has 0 aliphatic carbocycles. The lowest BCUT2D eigenvalue weighted by Crippen LogP contribution is -2.23. The summed E-state index contributed by atoms with van der Waals surface area (Å²) in [7, 11) is 0. The molecule has 2 aromatic rings. The summed E-state index contributed by atoms with van der Waals surface area (Å²) in [5, 5.41) is 0. The maximum atomic E-state index is 12.5. The molecule has 0 unspecified atom stereocenters. The molecule has 1 heterocycles. The monoisotopic (exact) mass is 323 g/mol. The normalized spacial score (nSPS) is 14.9. The maximum absolute atomic E-state index is 12.5. The second-order valence-electron chi connectivity index (χ2n) is 5.58. The van der Waals surface area contributed by atoms with Crippen LogP contribution in [0.1, 0.15) is 28.4 Å². The summed E-state index contributed by atoms with van der Waals surface area (Å²) in [4.78, 5) is 27.6. The minimum Gasteiger partial charge on any atom is -0.288 e. The number of nitrogens with zero attached hydrogens (tertiary/aromatic N) is 1. The molecule has 1 amide bonds. The van der Waals surface area contributed by atoms with E-state index in [0.717, 1.165) is 16.1 Å². The molecule has 0 spiro atoms. The van der Waals surface area contributed by atoms with Crippen molar-refractivity contribution >= 4 is 29.1 Å². The van der Waals surface area contributed by atoms with Gasteiger partial charge in [0.15, 0.2) is 0 Å². The van der Waals surface area contributed by atoms with E-state index in [0.29, 0.717) is 10.5 Å². The second kappa shape index (κ2) is 6.05. The molecule has 0 saturated carbocycles. The molecule has 0 aromatic heterocycles. The lowest BCUT2D eigenvalue weighted by atomic mass is 10.1. The van der Waals surface area contributed by atoms with E-state index >= 15 is 0 Å². The lowest BCUT2D eigenvalue weighted by molar-refractivity contribution is -0.116. The van der Waals surface area contributed by atoms with Crippen LogP contribution in [0.3, 0.4) is 0 Å². The van der Waals surface area contributed by atoms with Gasteiger partial charge in [-0.1, -0.05) is 30.0 Å². The van der Waals surface area contributed by atoms with Crippen LogP contribution in [0.2, 0.25) is 0 Å². The number of Topliss-reactive ketones (excluding diaryl/α,β-unsaturated/α-hetero) is 1. The van der Waals surface area contributed by atoms with Crippen molar-refractivity contribution in [2.75, 3.05) is 4.90 Å². The van der Waals surface area contributed by atoms with Gasteiger partial charge in [-0.2, -0.15) is 0 Å². The Labute approximate surface area is 140 Å². The van der Waals surface area contributed by atoms with Crippen LogP contribution in [0, 0.1) is 13.8 Å². The largest absolute Gasteiger partial charge is 0.288 e. The van der Waals surface area contributed by atoms with Gasteiger partial charge < -0.3 is 0 Å². The Morgan fingerprint density at radius 2 is 1.83 bits per heavy atom. The Morgan fingerprint density at radius 3 is 2.48 bits per heavy atom. The van der Waals surface area contributed by atoms with E-state index in [1.54, 1.807) is 11.1 Å². The van der Waals surface area contributed by atoms with Crippen LogP contribution >= 0.6 is 11.8 Å². The first-order valence-corrected chi connectivity index (χ1v) is 8.19. The van der Waals surface area contributed by atoms with Crippen molar-refractivity contribution in [3.05, 3.63) is 70.3 Å². The number of benzene rings is 2. The van der Waals surface area contributed by atoms with Crippen molar-refractivity contribution in [2.45, 2.75) is 25.7 Å². The van der Waals surface area contributed by atoms with Gasteiger partial charge in [0.1, 0.15) is 0 Å². The highest BCUT2D eigenvalue weighted by Gasteiger charge is 2.26. The molecule has 1 aliphatic heterocycles. The van der Waals surface area contributed by atoms with E-state index in [9.17, 15) is 9.59 Å². The number of ketones is 1. The van der Waals surface area contributed by atoms with Crippen LogP contribution in [0.5, 0.6) is 0 Å². The van der Waals surface area contributed by atoms with Gasteiger partial charge in [0.05, 0.1) is 4.91 Å². The van der Waals surface area contributed by atoms with Crippen molar-refractivity contribution in [3.63, 3.8) is 0 Å². The molecular weight excluding hydrogens is 306 g/mol. The third-order valence-electron chi connectivity index (χ3n) is 3.93. The summed E-state index contributed by atoms with van der Waals surface area (Å²) >= 11 is 1.41. The first-order chi connectivity index (χ1) is 11.0. The van der Waals surface area contributed by atoms with Crippen LogP contribution in [0.15, 0.2) is 58.5 Å². The van der Waals surface area contributed by atoms with E-state index in [1.165, 1.54) is 24.2 Å². The predicted molar refractivity (Wildman–Crippen MR) is 93.8 cm³/mol. The molecule has 0 saturated heterocycles. The van der Waals surface area contributed by atoms with Gasteiger partial charge in [0.2, 0.25) is 11.7 Å². The van der Waals surface area contributed by atoms with Gasteiger partial charge in [-0.25, -0.2) is 0 Å². The van der Waals surface area contributed by atoms with Crippen LogP contribution in [0.25, 0.3) is 0 Å². The summed E-state index contributed by atoms with van der Waals surface area (Å²) in [6.45, 7) is 5.54. The Kier molecular flexibility index (Phi) is 4.09. The zero-order chi connectivity index (χ0) is 16.6. The molecule has 23 heavy (non-hydrogen) atoms. The number of aryl methyl sites for hydroxylation is 2. The van der Waals surface area contributed by atoms with Crippen molar-refractivity contribution in [1.29, 1.82) is 0 Å². The number of amides is 1. The van der Waals surface area contributed by atoms with Gasteiger partial charge in [0, 0.05) is 29.3 Å². The fourth-order valence-electron chi connectivity index (χ4n) is 2.47. The van der Waals surface area contributed by atoms with Crippen molar-refractivity contribution < 1.29 is 9.59 Å². The fraction of sp³-hybridized carbons (Fsp3) is 0.158. The average Bonchev–Trinajstić information content (AvgIpc) is 2.84. The molecule has 1 aliphatic rings. The van der Waals surface area contributed by atoms with Gasteiger partial charge in [-0.15, -0.1) is 0 Å². The molecule has 0 fully saturated rings. The Morgan fingerprint density at radius 1 is 1.09 bits per heavy atom. The third kappa shape index (κ3) is 2.94. The molecule has 3 rings (SSSR count). The molecule has 0 radical (unpaired) electrons. The van der Waals surface area contributed by atoms with Crippen molar-refractivity contribution in [3.8, 4) is 0 Å².